The molecule has 8 heteroatoms. The Morgan fingerprint density at radius 1 is 1.27 bits per heavy atom. The van der Waals surface area contributed by atoms with Crippen LogP contribution in [0.25, 0.3) is 0 Å². The predicted molar refractivity (Wildman–Crippen MR) is 105 cm³/mol. The number of hydrogen-bond donors (Lipinski definition) is 1. The van der Waals surface area contributed by atoms with Gasteiger partial charge in [-0.1, -0.05) is 25.4 Å². The standard InChI is InChI=1S/C18H28ClN3O3S/c1-12-8-13(2)11-22(10-12)14(3)18(23)20-15-6-7-16(19)17(9-15)26(24,25)21(4)5/h6-7,9,12-14H,8,10-11H2,1-5H3,(H,20,23)/t12-,13-,14-/m0/s1. The smallest absolute Gasteiger partial charge is 0.244 e. The summed E-state index contributed by atoms with van der Waals surface area (Å²) in [5.74, 6) is 0.963. The second kappa shape index (κ2) is 8.25. The molecule has 26 heavy (non-hydrogen) atoms. The molecule has 1 aliphatic heterocycles. The molecule has 1 aromatic rings. The molecule has 0 aromatic heterocycles. The van der Waals surface area contributed by atoms with E-state index in [0.717, 1.165) is 17.4 Å². The van der Waals surface area contributed by atoms with Crippen molar-refractivity contribution in [3.63, 3.8) is 0 Å². The number of anilines is 1. The molecule has 3 atom stereocenters. The molecule has 1 N–H and O–H groups in total. The average molecular weight is 402 g/mol. The summed E-state index contributed by atoms with van der Waals surface area (Å²) in [4.78, 5) is 14.8. The first-order valence-corrected chi connectivity index (χ1v) is 10.6. The van der Waals surface area contributed by atoms with Crippen molar-refractivity contribution in [2.45, 2.75) is 38.1 Å². The molecule has 0 unspecified atom stereocenters. The van der Waals surface area contributed by atoms with E-state index < -0.39 is 10.0 Å². The summed E-state index contributed by atoms with van der Waals surface area (Å²) in [6.07, 6.45) is 1.17. The van der Waals surface area contributed by atoms with Crippen LogP contribution in [0.3, 0.4) is 0 Å². The Labute approximate surface area is 161 Å². The number of carbonyl (C=O) groups excluding carboxylic acids is 1. The van der Waals surface area contributed by atoms with Crippen molar-refractivity contribution in [1.82, 2.24) is 9.21 Å². The van der Waals surface area contributed by atoms with Gasteiger partial charge in [0, 0.05) is 32.9 Å². The zero-order valence-electron chi connectivity index (χ0n) is 16.0. The summed E-state index contributed by atoms with van der Waals surface area (Å²) < 4.78 is 25.8. The maximum atomic E-state index is 12.7. The van der Waals surface area contributed by atoms with E-state index in [9.17, 15) is 13.2 Å². The molecule has 1 amide bonds. The molecule has 0 radical (unpaired) electrons. The Morgan fingerprint density at radius 2 is 1.85 bits per heavy atom. The van der Waals surface area contributed by atoms with Crippen LogP contribution in [0.1, 0.15) is 27.2 Å². The minimum atomic E-state index is -3.68. The van der Waals surface area contributed by atoms with Crippen molar-refractivity contribution in [1.29, 1.82) is 0 Å². The van der Waals surface area contributed by atoms with Gasteiger partial charge in [0.25, 0.3) is 0 Å². The number of carbonyl (C=O) groups is 1. The van der Waals surface area contributed by atoms with Gasteiger partial charge < -0.3 is 5.32 Å². The lowest BCUT2D eigenvalue weighted by molar-refractivity contribution is -0.121. The maximum Gasteiger partial charge on any atom is 0.244 e. The minimum absolute atomic E-state index is 0.0187. The summed E-state index contributed by atoms with van der Waals surface area (Å²) in [7, 11) is -0.797. The number of likely N-dealkylation sites (tertiary alicyclic amines) is 1. The fraction of sp³-hybridized carbons (Fsp3) is 0.611. The Balaban J connectivity index is 2.16. The van der Waals surface area contributed by atoms with Crippen molar-refractivity contribution >= 4 is 33.2 Å². The second-order valence-corrected chi connectivity index (χ2v) is 10.0. The van der Waals surface area contributed by atoms with Gasteiger partial charge in [0.15, 0.2) is 0 Å². The molecule has 1 aliphatic rings. The normalized spacial score (nSPS) is 23.0. The minimum Gasteiger partial charge on any atom is -0.325 e. The highest BCUT2D eigenvalue weighted by Crippen LogP contribution is 2.27. The molecule has 0 saturated carbocycles. The van der Waals surface area contributed by atoms with Crippen LogP contribution >= 0.6 is 11.6 Å². The van der Waals surface area contributed by atoms with Gasteiger partial charge in [-0.15, -0.1) is 0 Å². The highest BCUT2D eigenvalue weighted by molar-refractivity contribution is 7.89. The highest BCUT2D eigenvalue weighted by Gasteiger charge is 2.29. The number of benzene rings is 1. The first-order valence-electron chi connectivity index (χ1n) is 8.79. The van der Waals surface area contributed by atoms with Crippen LogP contribution in [0.5, 0.6) is 0 Å². The first kappa shape index (κ1) is 21.2. The molecule has 146 valence electrons. The van der Waals surface area contributed by atoms with E-state index in [4.69, 9.17) is 11.6 Å². The lowest BCUT2D eigenvalue weighted by atomic mass is 9.91. The van der Waals surface area contributed by atoms with Crippen LogP contribution in [-0.2, 0) is 14.8 Å². The van der Waals surface area contributed by atoms with Crippen molar-refractivity contribution < 1.29 is 13.2 Å². The van der Waals surface area contributed by atoms with Gasteiger partial charge in [0.2, 0.25) is 15.9 Å². The Bertz CT molecular complexity index is 757. The average Bonchev–Trinajstić information content (AvgIpc) is 2.54. The number of nitrogens with one attached hydrogen (secondary N) is 1. The van der Waals surface area contributed by atoms with Crippen LogP contribution in [0.4, 0.5) is 5.69 Å². The monoisotopic (exact) mass is 401 g/mol. The maximum absolute atomic E-state index is 12.7. The van der Waals surface area contributed by atoms with Gasteiger partial charge in [-0.3, -0.25) is 9.69 Å². The Morgan fingerprint density at radius 3 is 2.38 bits per heavy atom. The number of nitrogens with zero attached hydrogens (tertiary/aromatic N) is 2. The zero-order valence-corrected chi connectivity index (χ0v) is 17.6. The predicted octanol–water partition coefficient (Wildman–Crippen LogP) is 2.90. The topological polar surface area (TPSA) is 69.7 Å². The first-order chi connectivity index (χ1) is 12.0. The number of piperidine rings is 1. The van der Waals surface area contributed by atoms with Crippen molar-refractivity contribution in [2.24, 2.45) is 11.8 Å². The van der Waals surface area contributed by atoms with Gasteiger partial charge in [0.05, 0.1) is 11.1 Å². The van der Waals surface area contributed by atoms with E-state index in [2.05, 4.69) is 24.1 Å². The van der Waals surface area contributed by atoms with Crippen LogP contribution < -0.4 is 5.32 Å². The third kappa shape index (κ3) is 4.76. The van der Waals surface area contributed by atoms with Crippen molar-refractivity contribution in [3.8, 4) is 0 Å². The molecule has 1 heterocycles. The lowest BCUT2D eigenvalue weighted by Gasteiger charge is -2.38. The summed E-state index contributed by atoms with van der Waals surface area (Å²) in [5, 5.41) is 2.95. The zero-order chi connectivity index (χ0) is 19.6. The SMILES string of the molecule is C[C@H]1C[C@H](C)CN([C@@H](C)C(=O)Nc2ccc(Cl)c(S(=O)(=O)N(C)C)c2)C1. The Hall–Kier alpha value is -1.15. The summed E-state index contributed by atoms with van der Waals surface area (Å²) in [6.45, 7) is 8.06. The molecule has 0 aliphatic carbocycles. The molecule has 2 rings (SSSR count). The third-order valence-corrected chi connectivity index (χ3v) is 7.08. The van der Waals surface area contributed by atoms with E-state index >= 15 is 0 Å². The molecule has 1 aromatic carbocycles. The Kier molecular flexibility index (Phi) is 6.71. The molecule has 6 nitrogen and oxygen atoms in total. The number of rotatable bonds is 5. The van der Waals surface area contributed by atoms with Gasteiger partial charge in [-0.05, 0) is 43.4 Å². The van der Waals surface area contributed by atoms with Gasteiger partial charge in [-0.25, -0.2) is 12.7 Å². The fourth-order valence-electron chi connectivity index (χ4n) is 3.42. The molecule has 0 bridgehead atoms. The lowest BCUT2D eigenvalue weighted by Crippen LogP contribution is -2.48. The van der Waals surface area contributed by atoms with E-state index in [-0.39, 0.29) is 21.9 Å². The molecule has 0 spiro atoms. The van der Waals surface area contributed by atoms with Crippen LogP contribution in [0.2, 0.25) is 5.02 Å². The highest BCUT2D eigenvalue weighted by atomic mass is 35.5. The summed E-state index contributed by atoms with van der Waals surface area (Å²) >= 11 is 6.05. The van der Waals surface area contributed by atoms with Gasteiger partial charge in [0.1, 0.15) is 4.90 Å². The number of sulfonamides is 1. The number of halogens is 1. The molecule has 1 fully saturated rings. The molecule has 1 saturated heterocycles. The van der Waals surface area contributed by atoms with Crippen LogP contribution in [0.15, 0.2) is 23.1 Å². The van der Waals surface area contributed by atoms with Crippen LogP contribution in [0, 0.1) is 11.8 Å². The largest absolute Gasteiger partial charge is 0.325 e. The summed E-state index contributed by atoms with van der Waals surface area (Å²) in [5.41, 5.74) is 0.421. The van der Waals surface area contributed by atoms with E-state index in [1.165, 1.54) is 32.6 Å². The summed E-state index contributed by atoms with van der Waals surface area (Å²) in [6, 6.07) is 4.22. The van der Waals surface area contributed by atoms with E-state index in [0.29, 0.717) is 17.5 Å². The fourth-order valence-corrected chi connectivity index (χ4v) is 4.81. The van der Waals surface area contributed by atoms with Crippen LogP contribution in [-0.4, -0.2) is 56.8 Å². The van der Waals surface area contributed by atoms with Gasteiger partial charge >= 0.3 is 0 Å². The van der Waals surface area contributed by atoms with E-state index in [1.807, 2.05) is 6.92 Å². The molecular formula is C18H28ClN3O3S. The van der Waals surface area contributed by atoms with Crippen molar-refractivity contribution in [3.05, 3.63) is 23.2 Å². The number of amides is 1. The quantitative estimate of drug-likeness (QED) is 0.823. The number of hydrogen-bond acceptors (Lipinski definition) is 4. The van der Waals surface area contributed by atoms with E-state index in [1.54, 1.807) is 6.07 Å². The third-order valence-electron chi connectivity index (χ3n) is 4.78. The molecular weight excluding hydrogens is 374 g/mol. The second-order valence-electron chi connectivity index (χ2n) is 7.50. The van der Waals surface area contributed by atoms with Crippen molar-refractivity contribution in [2.75, 3.05) is 32.5 Å². The van der Waals surface area contributed by atoms with Gasteiger partial charge in [-0.2, -0.15) is 0 Å².